The molecule has 4 nitrogen and oxygen atoms in total. The standard InChI is InChI=1S/4C19H23NS2.Mo/c4*1-3-9-15-11-5-7-13-17(15)20(19(21)22)18-14-8-6-12-16(18)10-4-2;/h4*5-8,11-14H,3-4,9-10H2,1-2H3,(H,21,22);/q;;;;+4/p-4. The molecular formula is C76H88MoN4S8. The zero-order valence-corrected chi connectivity index (χ0v) is 61.8. The number of thiocarbonyl (C=S) groups is 4. The molecule has 0 fully saturated rings. The van der Waals surface area contributed by atoms with E-state index >= 15 is 0 Å². The summed E-state index contributed by atoms with van der Waals surface area (Å²) >= 11 is 43.3. The van der Waals surface area contributed by atoms with Crippen molar-refractivity contribution >= 4 is 162 Å². The largest absolute Gasteiger partial charge is 4.00 e. The molecule has 0 heterocycles. The van der Waals surface area contributed by atoms with E-state index in [0.717, 1.165) is 148 Å². The molecule has 0 aliphatic heterocycles. The third kappa shape index (κ3) is 22.6. The van der Waals surface area contributed by atoms with Gasteiger partial charge in [0.2, 0.25) is 0 Å². The van der Waals surface area contributed by atoms with Crippen molar-refractivity contribution in [2.45, 2.75) is 158 Å². The Morgan fingerprint density at radius 3 is 0.416 bits per heavy atom. The molecule has 0 atom stereocenters. The van der Waals surface area contributed by atoms with Gasteiger partial charge in [-0.25, -0.2) is 0 Å². The molecule has 0 N–H and O–H groups in total. The fourth-order valence-electron chi connectivity index (χ4n) is 11.0. The van der Waals surface area contributed by atoms with Gasteiger partial charge in [-0.3, -0.25) is 0 Å². The smallest absolute Gasteiger partial charge is 0.411 e. The molecule has 0 aromatic heterocycles. The summed E-state index contributed by atoms with van der Waals surface area (Å²) in [7, 11) is 0. The summed E-state index contributed by atoms with van der Waals surface area (Å²) in [6.07, 6.45) is 17.0. The third-order valence-corrected chi connectivity index (χ3v) is 16.2. The first-order chi connectivity index (χ1) is 42.7. The van der Waals surface area contributed by atoms with Gasteiger partial charge in [-0.05, 0) is 144 Å². The predicted molar refractivity (Wildman–Crippen MR) is 412 cm³/mol. The monoisotopic (exact) mass is 1410 g/mol. The minimum atomic E-state index is 0. The Morgan fingerprint density at radius 2 is 0.326 bits per heavy atom. The van der Waals surface area contributed by atoms with Crippen LogP contribution in [0.3, 0.4) is 0 Å². The van der Waals surface area contributed by atoms with E-state index in [0.29, 0.717) is 17.3 Å². The molecule has 0 unspecified atom stereocenters. The second-order valence-corrected chi connectivity index (χ2v) is 25.6. The number of rotatable bonds is 24. The van der Waals surface area contributed by atoms with Crippen molar-refractivity contribution in [3.05, 3.63) is 239 Å². The minimum absolute atomic E-state index is 0. The zero-order chi connectivity index (χ0) is 63.8. The summed E-state index contributed by atoms with van der Waals surface area (Å²) in [5, 5.41) is 0. The normalized spacial score (nSPS) is 10.3. The summed E-state index contributed by atoms with van der Waals surface area (Å²) in [6.45, 7) is 17.5. The molecule has 0 saturated carbocycles. The molecule has 0 bridgehead atoms. The van der Waals surface area contributed by atoms with Crippen LogP contribution >= 0.6 is 48.9 Å². The quantitative estimate of drug-likeness (QED) is 0.0325. The van der Waals surface area contributed by atoms with E-state index in [1.54, 1.807) is 0 Å². The maximum atomic E-state index is 5.41. The molecule has 0 aliphatic carbocycles. The van der Waals surface area contributed by atoms with Gasteiger partial charge in [-0.2, -0.15) is 0 Å². The topological polar surface area (TPSA) is 13.0 Å². The molecule has 0 spiro atoms. The summed E-state index contributed by atoms with van der Waals surface area (Å²) in [5.41, 5.74) is 19.3. The number of benzene rings is 8. The fourth-order valence-corrected chi connectivity index (χ4v) is 12.6. The minimum Gasteiger partial charge on any atom is -0.411 e. The third-order valence-electron chi connectivity index (χ3n) is 14.7. The van der Waals surface area contributed by atoms with Crippen LogP contribution in [0.2, 0.25) is 0 Å². The number of hydrogen-bond donors (Lipinski definition) is 0. The second-order valence-electron chi connectivity index (χ2n) is 21.4. The summed E-state index contributed by atoms with van der Waals surface area (Å²) in [4.78, 5) is 8.22. The first-order valence-electron chi connectivity index (χ1n) is 31.4. The maximum Gasteiger partial charge on any atom is 4.00 e. The van der Waals surface area contributed by atoms with E-state index in [1.165, 1.54) is 44.5 Å². The van der Waals surface area contributed by atoms with Crippen molar-refractivity contribution < 1.29 is 21.1 Å². The van der Waals surface area contributed by atoms with E-state index in [2.05, 4.69) is 269 Å². The van der Waals surface area contributed by atoms with Gasteiger partial charge >= 0.3 is 21.1 Å². The van der Waals surface area contributed by atoms with Gasteiger partial charge in [0.05, 0.1) is 0 Å². The van der Waals surface area contributed by atoms with Crippen LogP contribution in [0.5, 0.6) is 0 Å². The molecule has 466 valence electrons. The first-order valence-corrected chi connectivity index (χ1v) is 34.7. The van der Waals surface area contributed by atoms with Gasteiger partial charge in [-0.1, -0.05) is 270 Å². The van der Waals surface area contributed by atoms with Crippen molar-refractivity contribution in [2.24, 2.45) is 0 Å². The van der Waals surface area contributed by atoms with Gasteiger partial charge < -0.3 is 119 Å². The Morgan fingerprint density at radius 1 is 0.225 bits per heavy atom. The average Bonchev–Trinajstić information content (AvgIpc) is 3.53. The maximum absolute atomic E-state index is 5.41. The Labute approximate surface area is 594 Å². The van der Waals surface area contributed by atoms with Gasteiger partial charge in [0.15, 0.2) is 0 Å². The van der Waals surface area contributed by atoms with Crippen LogP contribution in [-0.4, -0.2) is 17.3 Å². The van der Waals surface area contributed by atoms with E-state index in [9.17, 15) is 0 Å². The molecule has 8 aromatic carbocycles. The van der Waals surface area contributed by atoms with Crippen LogP contribution in [0, 0.1) is 0 Å². The molecular weight excluding hydrogens is 1320 g/mol. The molecule has 13 heteroatoms. The molecule has 89 heavy (non-hydrogen) atoms. The van der Waals surface area contributed by atoms with E-state index in [1.807, 2.05) is 0 Å². The molecule has 0 aliphatic rings. The van der Waals surface area contributed by atoms with Crippen LogP contribution in [0.15, 0.2) is 194 Å². The van der Waals surface area contributed by atoms with Gasteiger partial charge in [0.1, 0.15) is 0 Å². The Balaban J connectivity index is 0.000000253. The summed E-state index contributed by atoms with van der Waals surface area (Å²) in [5.74, 6) is 0. The molecule has 0 saturated heterocycles. The average molecular weight is 1410 g/mol. The molecule has 8 aromatic rings. The number of para-hydroxylation sites is 8. The summed E-state index contributed by atoms with van der Waals surface area (Å²) < 4.78 is 1.92. The second kappa shape index (κ2) is 42.1. The molecule has 8 rings (SSSR count). The summed E-state index contributed by atoms with van der Waals surface area (Å²) in [6, 6.07) is 67.4. The zero-order valence-electron chi connectivity index (χ0n) is 53.3. The van der Waals surface area contributed by atoms with Crippen molar-refractivity contribution in [3.8, 4) is 0 Å². The van der Waals surface area contributed by atoms with E-state index in [-0.39, 0.29) is 21.1 Å². The van der Waals surface area contributed by atoms with Crippen molar-refractivity contribution in [1.29, 1.82) is 0 Å². The van der Waals surface area contributed by atoms with Gasteiger partial charge in [-0.15, -0.1) is 0 Å². The number of aryl methyl sites for hydroxylation is 8. The number of hydrogen-bond acceptors (Lipinski definition) is 8. The van der Waals surface area contributed by atoms with E-state index in [4.69, 9.17) is 99.4 Å². The van der Waals surface area contributed by atoms with Gasteiger partial charge in [0.25, 0.3) is 0 Å². The van der Waals surface area contributed by atoms with Crippen LogP contribution in [0.25, 0.3) is 0 Å². The van der Waals surface area contributed by atoms with Crippen molar-refractivity contribution in [2.75, 3.05) is 19.6 Å². The predicted octanol–water partition coefficient (Wildman–Crippen LogP) is 22.2. The Kier molecular flexibility index (Phi) is 36.1. The number of nitrogens with zero attached hydrogens (tertiary/aromatic N) is 4. The van der Waals surface area contributed by atoms with Crippen LogP contribution in [0.1, 0.15) is 151 Å². The molecule has 0 amide bonds. The van der Waals surface area contributed by atoms with Crippen LogP contribution < -0.4 is 19.6 Å². The Hall–Kier alpha value is -5.11. The Bertz CT molecular complexity index is 2810. The number of anilines is 8. The van der Waals surface area contributed by atoms with Gasteiger partial charge in [0, 0.05) is 45.5 Å². The SMILES string of the molecule is CCCc1ccccc1N(C(=S)[S-])c1ccccc1CCC.CCCc1ccccc1N(C(=S)[S-])c1ccccc1CCC.CCCc1ccccc1N(C(=S)[S-])c1ccccc1CCC.CCCc1ccccc1N(C(=S)[S-])c1ccccc1CCC.[Mo+4]. The van der Waals surface area contributed by atoms with Crippen LogP contribution in [-0.2, 0) is 123 Å². The van der Waals surface area contributed by atoms with Crippen molar-refractivity contribution in [1.82, 2.24) is 0 Å². The van der Waals surface area contributed by atoms with E-state index < -0.39 is 0 Å². The fraction of sp³-hybridized carbons (Fsp3) is 0.316. The van der Waals surface area contributed by atoms with Crippen molar-refractivity contribution in [3.63, 3.8) is 0 Å². The van der Waals surface area contributed by atoms with Crippen LogP contribution in [0.4, 0.5) is 45.5 Å². The molecule has 0 radical (unpaired) electrons. The first kappa shape index (κ1) is 76.3.